The van der Waals surface area contributed by atoms with E-state index in [1.165, 1.54) is 22.6 Å². The lowest BCUT2D eigenvalue weighted by Crippen LogP contribution is -2.44. The van der Waals surface area contributed by atoms with Gasteiger partial charge in [0, 0.05) is 29.8 Å². The molecule has 1 fully saturated rings. The van der Waals surface area contributed by atoms with E-state index < -0.39 is 5.97 Å². The van der Waals surface area contributed by atoms with E-state index in [4.69, 9.17) is 5.11 Å². The summed E-state index contributed by atoms with van der Waals surface area (Å²) in [5.74, 6) is -0.892. The number of thioether (sulfide) groups is 1. The molecule has 0 bridgehead atoms. The number of aliphatic carboxylic acids is 1. The topological polar surface area (TPSA) is 69.6 Å². The first kappa shape index (κ1) is 17.7. The second-order valence-corrected chi connectivity index (χ2v) is 7.57. The monoisotopic (exact) mass is 336 g/mol. The second kappa shape index (κ2) is 8.24. The molecule has 23 heavy (non-hydrogen) atoms. The summed E-state index contributed by atoms with van der Waals surface area (Å²) in [4.78, 5) is 25.4. The molecular formula is C17H24N2O3S. The molecule has 0 aromatic heterocycles. The first-order chi connectivity index (χ1) is 11.0. The van der Waals surface area contributed by atoms with E-state index in [-0.39, 0.29) is 23.7 Å². The number of amides is 2. The molecule has 2 amide bonds. The van der Waals surface area contributed by atoms with Crippen LogP contribution >= 0.6 is 11.8 Å². The van der Waals surface area contributed by atoms with Crippen molar-refractivity contribution in [3.05, 3.63) is 30.3 Å². The van der Waals surface area contributed by atoms with Crippen LogP contribution in [-0.2, 0) is 4.79 Å². The summed E-state index contributed by atoms with van der Waals surface area (Å²) in [6.45, 7) is 0.836. The molecule has 0 spiro atoms. The average Bonchev–Trinajstić information content (AvgIpc) is 3.00. The van der Waals surface area contributed by atoms with Gasteiger partial charge in [0.05, 0.1) is 6.42 Å². The maximum absolute atomic E-state index is 12.1. The molecule has 0 heterocycles. The molecule has 5 nitrogen and oxygen atoms in total. The van der Waals surface area contributed by atoms with E-state index >= 15 is 0 Å². The Balaban J connectivity index is 1.89. The molecule has 0 unspecified atom stereocenters. The summed E-state index contributed by atoms with van der Waals surface area (Å²) in [5.41, 5.74) is 0. The lowest BCUT2D eigenvalue weighted by atomic mass is 10.1. The largest absolute Gasteiger partial charge is 0.481 e. The first-order valence-corrected chi connectivity index (χ1v) is 8.77. The van der Waals surface area contributed by atoms with Gasteiger partial charge >= 0.3 is 12.0 Å². The summed E-state index contributed by atoms with van der Waals surface area (Å²) in [6, 6.07) is 10.1. The van der Waals surface area contributed by atoms with Gasteiger partial charge in [-0.2, -0.15) is 0 Å². The number of carbonyl (C=O) groups is 2. The number of carbonyl (C=O) groups excluding carboxylic acids is 1. The van der Waals surface area contributed by atoms with Crippen LogP contribution in [0.2, 0.25) is 0 Å². The fraction of sp³-hybridized carbons (Fsp3) is 0.529. The molecule has 1 aromatic rings. The van der Waals surface area contributed by atoms with Crippen molar-refractivity contribution in [2.45, 2.75) is 41.7 Å². The lowest BCUT2D eigenvalue weighted by molar-refractivity contribution is -0.137. The number of carboxylic acid groups (broad SMARTS) is 1. The number of urea groups is 1. The maximum Gasteiger partial charge on any atom is 0.317 e. The van der Waals surface area contributed by atoms with Crippen LogP contribution in [0.1, 0.15) is 32.1 Å². The zero-order chi connectivity index (χ0) is 16.7. The Hall–Kier alpha value is -1.69. The van der Waals surface area contributed by atoms with Crippen LogP contribution in [0.15, 0.2) is 35.2 Å². The predicted octanol–water partition coefficient (Wildman–Crippen LogP) is 3.21. The molecule has 1 saturated carbocycles. The molecule has 2 rings (SSSR count). The highest BCUT2D eigenvalue weighted by Crippen LogP contribution is 2.44. The van der Waals surface area contributed by atoms with Gasteiger partial charge in [0.2, 0.25) is 0 Å². The van der Waals surface area contributed by atoms with Gasteiger partial charge < -0.3 is 15.3 Å². The summed E-state index contributed by atoms with van der Waals surface area (Å²) < 4.78 is 0.0463. The molecule has 1 aliphatic carbocycles. The van der Waals surface area contributed by atoms with E-state index in [9.17, 15) is 9.59 Å². The van der Waals surface area contributed by atoms with Crippen LogP contribution in [0.4, 0.5) is 4.79 Å². The second-order valence-electron chi connectivity index (χ2n) is 6.03. The van der Waals surface area contributed by atoms with Crippen molar-refractivity contribution in [2.24, 2.45) is 0 Å². The van der Waals surface area contributed by atoms with Crippen molar-refractivity contribution < 1.29 is 14.7 Å². The third kappa shape index (κ3) is 5.46. The van der Waals surface area contributed by atoms with Gasteiger partial charge in [0.25, 0.3) is 0 Å². The molecule has 6 heteroatoms. The van der Waals surface area contributed by atoms with Gasteiger partial charge in [-0.25, -0.2) is 4.79 Å². The van der Waals surface area contributed by atoms with Crippen LogP contribution in [0.3, 0.4) is 0 Å². The standard InChI is InChI=1S/C17H24N2O3S/c1-19(12-9-15(20)21)16(22)18-13-17(10-5-6-11-17)23-14-7-3-2-4-8-14/h2-4,7-8H,5-6,9-13H2,1H3,(H,18,22)(H,20,21). The molecular weight excluding hydrogens is 312 g/mol. The number of benzene rings is 1. The number of hydrogen-bond donors (Lipinski definition) is 2. The van der Waals surface area contributed by atoms with E-state index in [1.54, 1.807) is 7.05 Å². The van der Waals surface area contributed by atoms with Gasteiger partial charge in [0.15, 0.2) is 0 Å². The van der Waals surface area contributed by atoms with Crippen LogP contribution in [0, 0.1) is 0 Å². The van der Waals surface area contributed by atoms with Gasteiger partial charge in [-0.3, -0.25) is 4.79 Å². The quantitative estimate of drug-likeness (QED) is 0.802. The minimum absolute atomic E-state index is 0.0339. The SMILES string of the molecule is CN(CCC(=O)O)C(=O)NCC1(Sc2ccccc2)CCCC1. The number of hydrogen-bond acceptors (Lipinski definition) is 3. The molecule has 126 valence electrons. The highest BCUT2D eigenvalue weighted by Gasteiger charge is 2.35. The Labute approximate surface area is 141 Å². The summed E-state index contributed by atoms with van der Waals surface area (Å²) in [6.07, 6.45) is 4.51. The van der Waals surface area contributed by atoms with E-state index in [0.717, 1.165) is 12.8 Å². The average molecular weight is 336 g/mol. The molecule has 0 saturated heterocycles. The zero-order valence-corrected chi connectivity index (χ0v) is 14.3. The van der Waals surface area contributed by atoms with Gasteiger partial charge in [-0.05, 0) is 25.0 Å². The van der Waals surface area contributed by atoms with Gasteiger partial charge in [-0.15, -0.1) is 11.8 Å². The molecule has 1 aliphatic rings. The first-order valence-electron chi connectivity index (χ1n) is 7.96. The Kier molecular flexibility index (Phi) is 6.33. The smallest absolute Gasteiger partial charge is 0.317 e. The number of rotatable bonds is 7. The van der Waals surface area contributed by atoms with Crippen LogP contribution in [0.25, 0.3) is 0 Å². The Bertz CT molecular complexity index is 530. The summed E-state index contributed by atoms with van der Waals surface area (Å²) in [5, 5.41) is 11.7. The van der Waals surface area contributed by atoms with Crippen molar-refractivity contribution in [3.8, 4) is 0 Å². The molecule has 0 atom stereocenters. The Morgan fingerprint density at radius 2 is 1.91 bits per heavy atom. The molecule has 2 N–H and O–H groups in total. The minimum atomic E-state index is -0.892. The Morgan fingerprint density at radius 1 is 1.26 bits per heavy atom. The van der Waals surface area contributed by atoms with E-state index in [1.807, 2.05) is 30.0 Å². The fourth-order valence-electron chi connectivity index (χ4n) is 2.81. The third-order valence-electron chi connectivity index (χ3n) is 4.16. The molecule has 0 radical (unpaired) electrons. The highest BCUT2D eigenvalue weighted by atomic mass is 32.2. The Morgan fingerprint density at radius 3 is 2.52 bits per heavy atom. The van der Waals surface area contributed by atoms with Crippen LogP contribution in [-0.4, -0.2) is 46.9 Å². The van der Waals surface area contributed by atoms with Crippen molar-refractivity contribution in [1.29, 1.82) is 0 Å². The number of nitrogens with zero attached hydrogens (tertiary/aromatic N) is 1. The molecule has 0 aliphatic heterocycles. The normalized spacial score (nSPS) is 16.0. The minimum Gasteiger partial charge on any atom is -0.481 e. The third-order valence-corrected chi connectivity index (χ3v) is 5.66. The van der Waals surface area contributed by atoms with Crippen molar-refractivity contribution in [2.75, 3.05) is 20.1 Å². The van der Waals surface area contributed by atoms with Crippen molar-refractivity contribution in [3.63, 3.8) is 0 Å². The van der Waals surface area contributed by atoms with E-state index in [2.05, 4.69) is 17.4 Å². The highest BCUT2D eigenvalue weighted by molar-refractivity contribution is 8.00. The van der Waals surface area contributed by atoms with Crippen LogP contribution in [0.5, 0.6) is 0 Å². The van der Waals surface area contributed by atoms with Crippen molar-refractivity contribution in [1.82, 2.24) is 10.2 Å². The van der Waals surface area contributed by atoms with Crippen molar-refractivity contribution >= 4 is 23.8 Å². The van der Waals surface area contributed by atoms with Crippen LogP contribution < -0.4 is 5.32 Å². The number of carboxylic acids is 1. The van der Waals surface area contributed by atoms with Gasteiger partial charge in [0.1, 0.15) is 0 Å². The lowest BCUT2D eigenvalue weighted by Gasteiger charge is -2.30. The predicted molar refractivity (Wildman–Crippen MR) is 91.8 cm³/mol. The van der Waals surface area contributed by atoms with E-state index in [0.29, 0.717) is 6.54 Å². The summed E-state index contributed by atoms with van der Waals surface area (Å²) >= 11 is 1.84. The fourth-order valence-corrected chi connectivity index (χ4v) is 4.24. The number of nitrogens with one attached hydrogen (secondary N) is 1. The zero-order valence-electron chi connectivity index (χ0n) is 13.5. The molecule has 1 aromatic carbocycles. The maximum atomic E-state index is 12.1. The summed E-state index contributed by atoms with van der Waals surface area (Å²) in [7, 11) is 1.63. The van der Waals surface area contributed by atoms with Gasteiger partial charge in [-0.1, -0.05) is 31.0 Å².